The van der Waals surface area contributed by atoms with E-state index in [1.807, 2.05) is 38.2 Å². The number of aliphatic imine (C=N–C) groups is 1. The minimum Gasteiger partial charge on any atom is -0.352 e. The summed E-state index contributed by atoms with van der Waals surface area (Å²) in [4.78, 5) is 18.3. The van der Waals surface area contributed by atoms with Crippen molar-refractivity contribution < 1.29 is 4.79 Å². The maximum atomic E-state index is 11.9. The molecular formula is C17H29IN4O. The average Bonchev–Trinajstić information content (AvgIpc) is 2.54. The molecule has 0 atom stereocenters. The first-order chi connectivity index (χ1) is 10.6. The summed E-state index contributed by atoms with van der Waals surface area (Å²) in [5.41, 5.74) is 1.75. The van der Waals surface area contributed by atoms with Gasteiger partial charge in [-0.2, -0.15) is 0 Å². The van der Waals surface area contributed by atoms with Crippen LogP contribution in [0.2, 0.25) is 0 Å². The Balaban J connectivity index is 0.00000484. The van der Waals surface area contributed by atoms with Crippen LogP contribution < -0.4 is 10.6 Å². The van der Waals surface area contributed by atoms with E-state index in [-0.39, 0.29) is 29.9 Å². The van der Waals surface area contributed by atoms with E-state index in [0.717, 1.165) is 30.9 Å². The Hall–Kier alpha value is -1.31. The highest BCUT2D eigenvalue weighted by Crippen LogP contribution is 2.05. The zero-order chi connectivity index (χ0) is 16.4. The topological polar surface area (TPSA) is 56.7 Å². The normalized spacial score (nSPS) is 10.7. The second-order valence-corrected chi connectivity index (χ2v) is 5.24. The van der Waals surface area contributed by atoms with Crippen LogP contribution in [-0.4, -0.2) is 44.0 Å². The van der Waals surface area contributed by atoms with Crippen molar-refractivity contribution in [1.82, 2.24) is 15.5 Å². The predicted molar refractivity (Wildman–Crippen MR) is 108 cm³/mol. The van der Waals surface area contributed by atoms with Crippen LogP contribution in [0.3, 0.4) is 0 Å². The van der Waals surface area contributed by atoms with E-state index in [1.54, 1.807) is 7.05 Å². The Morgan fingerprint density at radius 2 is 2.00 bits per heavy atom. The maximum Gasteiger partial charge on any atom is 0.251 e. The van der Waals surface area contributed by atoms with Crippen LogP contribution in [0.15, 0.2) is 29.3 Å². The van der Waals surface area contributed by atoms with Gasteiger partial charge in [-0.1, -0.05) is 25.5 Å². The van der Waals surface area contributed by atoms with E-state index < -0.39 is 0 Å². The molecule has 0 aliphatic carbocycles. The fourth-order valence-electron chi connectivity index (χ4n) is 2.15. The minimum atomic E-state index is -0.0335. The molecule has 1 aromatic rings. The van der Waals surface area contributed by atoms with Gasteiger partial charge >= 0.3 is 0 Å². The largest absolute Gasteiger partial charge is 0.352 e. The van der Waals surface area contributed by atoms with Gasteiger partial charge in [0, 0.05) is 39.3 Å². The number of benzene rings is 1. The number of carbonyl (C=O) groups is 1. The molecule has 0 spiro atoms. The van der Waals surface area contributed by atoms with Crippen LogP contribution in [0.4, 0.5) is 0 Å². The maximum absolute atomic E-state index is 11.9. The molecule has 0 saturated heterocycles. The Bertz CT molecular complexity index is 505. The minimum absolute atomic E-state index is 0. The van der Waals surface area contributed by atoms with Crippen molar-refractivity contribution in [3.63, 3.8) is 0 Å². The Morgan fingerprint density at radius 3 is 2.61 bits per heavy atom. The monoisotopic (exact) mass is 432 g/mol. The van der Waals surface area contributed by atoms with Crippen molar-refractivity contribution in [2.75, 3.05) is 27.2 Å². The van der Waals surface area contributed by atoms with Gasteiger partial charge in [0.05, 0.1) is 0 Å². The quantitative estimate of drug-likeness (QED) is 0.396. The smallest absolute Gasteiger partial charge is 0.251 e. The summed E-state index contributed by atoms with van der Waals surface area (Å²) in [6.45, 7) is 6.36. The summed E-state index contributed by atoms with van der Waals surface area (Å²) in [6.07, 6.45) is 2.31. The molecule has 0 heterocycles. The molecular weight excluding hydrogens is 403 g/mol. The molecule has 6 heteroatoms. The van der Waals surface area contributed by atoms with Crippen LogP contribution in [0.1, 0.15) is 42.6 Å². The summed E-state index contributed by atoms with van der Waals surface area (Å²) < 4.78 is 0. The zero-order valence-electron chi connectivity index (χ0n) is 14.6. The van der Waals surface area contributed by atoms with E-state index in [9.17, 15) is 4.79 Å². The molecule has 0 fully saturated rings. The third-order valence-electron chi connectivity index (χ3n) is 3.40. The van der Waals surface area contributed by atoms with Gasteiger partial charge in [0.25, 0.3) is 5.91 Å². The summed E-state index contributed by atoms with van der Waals surface area (Å²) in [5.74, 6) is 0.839. The highest BCUT2D eigenvalue weighted by Gasteiger charge is 2.07. The second-order valence-electron chi connectivity index (χ2n) is 5.24. The Labute approximate surface area is 157 Å². The molecule has 0 aliphatic rings. The third-order valence-corrected chi connectivity index (χ3v) is 3.40. The van der Waals surface area contributed by atoms with E-state index >= 15 is 0 Å². The number of nitrogens with one attached hydrogen (secondary N) is 2. The number of guanidine groups is 1. The first kappa shape index (κ1) is 21.7. The lowest BCUT2D eigenvalue weighted by atomic mass is 10.1. The molecule has 2 N–H and O–H groups in total. The lowest BCUT2D eigenvalue weighted by Gasteiger charge is -2.22. The Kier molecular flexibility index (Phi) is 11.5. The van der Waals surface area contributed by atoms with Crippen LogP contribution in [-0.2, 0) is 6.54 Å². The molecule has 0 radical (unpaired) electrons. The lowest BCUT2D eigenvalue weighted by Crippen LogP contribution is -2.39. The van der Waals surface area contributed by atoms with Gasteiger partial charge in [0.2, 0.25) is 0 Å². The number of carbonyl (C=O) groups excluding carboxylic acids is 1. The molecule has 0 bridgehead atoms. The van der Waals surface area contributed by atoms with Crippen molar-refractivity contribution in [3.05, 3.63) is 35.4 Å². The van der Waals surface area contributed by atoms with E-state index in [1.165, 1.54) is 0 Å². The number of amides is 1. The van der Waals surface area contributed by atoms with Gasteiger partial charge < -0.3 is 15.5 Å². The van der Waals surface area contributed by atoms with Crippen molar-refractivity contribution in [2.24, 2.45) is 4.99 Å². The van der Waals surface area contributed by atoms with Gasteiger partial charge in [0.1, 0.15) is 0 Å². The lowest BCUT2D eigenvalue weighted by molar-refractivity contribution is 0.0955. The number of hydrogen-bond acceptors (Lipinski definition) is 2. The number of halogens is 1. The zero-order valence-corrected chi connectivity index (χ0v) is 16.9. The number of hydrogen-bond donors (Lipinski definition) is 2. The molecule has 0 saturated carbocycles. The van der Waals surface area contributed by atoms with Gasteiger partial charge in [-0.15, -0.1) is 24.0 Å². The fraction of sp³-hybridized carbons (Fsp3) is 0.529. The van der Waals surface area contributed by atoms with Gasteiger partial charge in [0.15, 0.2) is 5.96 Å². The Morgan fingerprint density at radius 1 is 1.26 bits per heavy atom. The molecule has 130 valence electrons. The highest BCUT2D eigenvalue weighted by atomic mass is 127. The molecule has 0 aliphatic heterocycles. The fourth-order valence-corrected chi connectivity index (χ4v) is 2.15. The van der Waals surface area contributed by atoms with Gasteiger partial charge in [-0.25, -0.2) is 0 Å². The average molecular weight is 432 g/mol. The standard InChI is InChI=1S/C17H28N4O.HI/c1-5-7-11-21(4)17(18-3)20-13-14-9-8-10-15(12-14)16(22)19-6-2;/h8-10,12H,5-7,11,13H2,1-4H3,(H,18,20)(H,19,22);1H. The molecule has 23 heavy (non-hydrogen) atoms. The third kappa shape index (κ3) is 7.67. The molecule has 0 aromatic heterocycles. The van der Waals surface area contributed by atoms with Crippen LogP contribution in [0.25, 0.3) is 0 Å². The van der Waals surface area contributed by atoms with Crippen molar-refractivity contribution in [3.8, 4) is 0 Å². The molecule has 5 nitrogen and oxygen atoms in total. The van der Waals surface area contributed by atoms with Crippen LogP contribution in [0, 0.1) is 0 Å². The van der Waals surface area contributed by atoms with Crippen molar-refractivity contribution >= 4 is 35.8 Å². The molecule has 1 aromatic carbocycles. The molecule has 1 rings (SSSR count). The van der Waals surface area contributed by atoms with Gasteiger partial charge in [-0.3, -0.25) is 9.79 Å². The van der Waals surface area contributed by atoms with Crippen molar-refractivity contribution in [1.29, 1.82) is 0 Å². The van der Waals surface area contributed by atoms with E-state index in [2.05, 4.69) is 27.4 Å². The van der Waals surface area contributed by atoms with Crippen LogP contribution >= 0.6 is 24.0 Å². The highest BCUT2D eigenvalue weighted by molar-refractivity contribution is 14.0. The number of unbranched alkanes of at least 4 members (excludes halogenated alkanes) is 1. The summed E-state index contributed by atoms with van der Waals surface area (Å²) in [7, 11) is 3.83. The first-order valence-corrected chi connectivity index (χ1v) is 7.91. The predicted octanol–water partition coefficient (Wildman–Crippen LogP) is 2.86. The van der Waals surface area contributed by atoms with E-state index in [0.29, 0.717) is 18.7 Å². The molecule has 1 amide bonds. The summed E-state index contributed by atoms with van der Waals surface area (Å²) in [5, 5.41) is 6.15. The first-order valence-electron chi connectivity index (χ1n) is 7.91. The van der Waals surface area contributed by atoms with E-state index in [4.69, 9.17) is 0 Å². The van der Waals surface area contributed by atoms with Crippen LogP contribution in [0.5, 0.6) is 0 Å². The molecule has 0 unspecified atom stereocenters. The van der Waals surface area contributed by atoms with Crippen molar-refractivity contribution in [2.45, 2.75) is 33.2 Å². The second kappa shape index (κ2) is 12.2. The summed E-state index contributed by atoms with van der Waals surface area (Å²) in [6, 6.07) is 7.66. The summed E-state index contributed by atoms with van der Waals surface area (Å²) >= 11 is 0. The number of nitrogens with zero attached hydrogens (tertiary/aromatic N) is 2. The number of rotatable bonds is 7. The van der Waals surface area contributed by atoms with Gasteiger partial charge in [-0.05, 0) is 31.0 Å². The SMILES string of the molecule is CCCCN(C)C(=NC)NCc1cccc(C(=O)NCC)c1.I.